The van der Waals surface area contributed by atoms with Crippen molar-refractivity contribution in [3.63, 3.8) is 0 Å². The summed E-state index contributed by atoms with van der Waals surface area (Å²) in [5.74, 6) is -0.966. The zero-order valence-corrected chi connectivity index (χ0v) is 10.5. The maximum Gasteiger partial charge on any atom is 0.132 e. The van der Waals surface area contributed by atoms with Crippen LogP contribution in [-0.4, -0.2) is 14.5 Å². The quantitative estimate of drug-likeness (QED) is 0.732. The highest BCUT2D eigenvalue weighted by Crippen LogP contribution is 2.22. The lowest BCUT2D eigenvalue weighted by Crippen LogP contribution is -1.97. The molecule has 0 unspecified atom stereocenters. The Labute approximate surface area is 114 Å². The lowest BCUT2D eigenvalue weighted by Gasteiger charge is -2.05. The molecule has 5 heteroatoms. The highest BCUT2D eigenvalue weighted by Gasteiger charge is 2.08. The van der Waals surface area contributed by atoms with Gasteiger partial charge in [0.15, 0.2) is 0 Å². The zero-order valence-electron chi connectivity index (χ0n) is 10.5. The van der Waals surface area contributed by atoms with Crippen LogP contribution < -0.4 is 0 Å². The first-order chi connectivity index (χ1) is 9.72. The number of pyridine rings is 1. The first kappa shape index (κ1) is 12.5. The summed E-state index contributed by atoms with van der Waals surface area (Å²) in [6.07, 6.45) is 6.91. The van der Waals surface area contributed by atoms with Crippen molar-refractivity contribution in [3.8, 4) is 11.3 Å². The number of halogens is 2. The molecule has 0 aliphatic heterocycles. The van der Waals surface area contributed by atoms with Gasteiger partial charge in [-0.2, -0.15) is 0 Å². The van der Waals surface area contributed by atoms with Gasteiger partial charge < -0.3 is 4.57 Å². The van der Waals surface area contributed by atoms with Gasteiger partial charge in [-0.1, -0.05) is 6.07 Å². The summed E-state index contributed by atoms with van der Waals surface area (Å²) in [7, 11) is 0. The Morgan fingerprint density at radius 1 is 1.10 bits per heavy atom. The Morgan fingerprint density at radius 3 is 2.70 bits per heavy atom. The van der Waals surface area contributed by atoms with Gasteiger partial charge in [-0.15, -0.1) is 0 Å². The summed E-state index contributed by atoms with van der Waals surface area (Å²) >= 11 is 0. The van der Waals surface area contributed by atoms with Crippen LogP contribution in [0.3, 0.4) is 0 Å². The second-order valence-electron chi connectivity index (χ2n) is 4.41. The van der Waals surface area contributed by atoms with Gasteiger partial charge in [0.25, 0.3) is 0 Å². The number of nitrogens with zero attached hydrogens (tertiary/aromatic N) is 3. The molecule has 2 heterocycles. The smallest absolute Gasteiger partial charge is 0.132 e. The Hall–Kier alpha value is -2.56. The Balaban J connectivity index is 1.87. The van der Waals surface area contributed by atoms with Crippen LogP contribution in [0.1, 0.15) is 5.56 Å². The molecular weight excluding hydrogens is 260 g/mol. The van der Waals surface area contributed by atoms with Crippen LogP contribution in [0.5, 0.6) is 0 Å². The number of imidazole rings is 1. The Kier molecular flexibility index (Phi) is 3.25. The average molecular weight is 271 g/mol. The van der Waals surface area contributed by atoms with E-state index in [-0.39, 0.29) is 5.56 Å². The second-order valence-corrected chi connectivity index (χ2v) is 4.41. The molecule has 3 aromatic rings. The van der Waals surface area contributed by atoms with E-state index in [2.05, 4.69) is 9.97 Å². The molecule has 2 aromatic heterocycles. The van der Waals surface area contributed by atoms with Crippen LogP contribution in [0.4, 0.5) is 8.78 Å². The summed E-state index contributed by atoms with van der Waals surface area (Å²) < 4.78 is 28.7. The molecule has 100 valence electrons. The van der Waals surface area contributed by atoms with Crippen LogP contribution in [0, 0.1) is 11.6 Å². The minimum atomic E-state index is -0.485. The minimum Gasteiger partial charge on any atom is -0.333 e. The molecule has 3 nitrogen and oxygen atoms in total. The van der Waals surface area contributed by atoms with E-state index in [1.54, 1.807) is 24.8 Å². The predicted molar refractivity (Wildman–Crippen MR) is 70.9 cm³/mol. The minimum absolute atomic E-state index is 0.166. The molecule has 0 N–H and O–H groups in total. The number of rotatable bonds is 3. The molecule has 0 fully saturated rings. The topological polar surface area (TPSA) is 30.7 Å². The zero-order chi connectivity index (χ0) is 13.9. The molecule has 0 aliphatic carbocycles. The maximum absolute atomic E-state index is 13.6. The maximum atomic E-state index is 13.6. The highest BCUT2D eigenvalue weighted by atomic mass is 19.1. The average Bonchev–Trinajstić information content (AvgIpc) is 2.95. The largest absolute Gasteiger partial charge is 0.333 e. The lowest BCUT2D eigenvalue weighted by atomic mass is 10.1. The molecule has 0 saturated carbocycles. The van der Waals surface area contributed by atoms with Crippen LogP contribution in [0.25, 0.3) is 11.3 Å². The number of aromatic nitrogens is 3. The third-order valence-corrected chi connectivity index (χ3v) is 2.95. The predicted octanol–water partition coefficient (Wildman–Crippen LogP) is 3.27. The fraction of sp³-hybridized carbons (Fsp3) is 0.0667. The molecular formula is C15H11F2N3. The Morgan fingerprint density at radius 2 is 2.00 bits per heavy atom. The Bertz CT molecular complexity index is 706. The van der Waals surface area contributed by atoms with Crippen LogP contribution in [-0.2, 0) is 6.54 Å². The van der Waals surface area contributed by atoms with E-state index in [1.807, 2.05) is 16.8 Å². The van der Waals surface area contributed by atoms with Gasteiger partial charge in [-0.3, -0.25) is 4.98 Å². The van der Waals surface area contributed by atoms with Crippen molar-refractivity contribution in [1.29, 1.82) is 0 Å². The van der Waals surface area contributed by atoms with E-state index in [4.69, 9.17) is 0 Å². The monoisotopic (exact) mass is 271 g/mol. The van der Waals surface area contributed by atoms with Crippen molar-refractivity contribution in [2.45, 2.75) is 6.54 Å². The van der Waals surface area contributed by atoms with Crippen LogP contribution in [0.15, 0.2) is 55.2 Å². The third kappa shape index (κ3) is 2.56. The summed E-state index contributed by atoms with van der Waals surface area (Å²) in [6, 6.07) is 6.86. The van der Waals surface area contributed by atoms with E-state index in [0.717, 1.165) is 23.8 Å². The van der Waals surface area contributed by atoms with Gasteiger partial charge in [0, 0.05) is 30.7 Å². The van der Waals surface area contributed by atoms with Crippen molar-refractivity contribution in [1.82, 2.24) is 14.5 Å². The summed E-state index contributed by atoms with van der Waals surface area (Å²) in [4.78, 5) is 8.15. The first-order valence-corrected chi connectivity index (χ1v) is 6.08. The van der Waals surface area contributed by atoms with E-state index in [0.29, 0.717) is 12.2 Å². The fourth-order valence-corrected chi connectivity index (χ4v) is 1.96. The number of hydrogen-bond acceptors (Lipinski definition) is 2. The molecule has 0 radical (unpaired) electrons. The van der Waals surface area contributed by atoms with Gasteiger partial charge in [0.05, 0.1) is 12.0 Å². The van der Waals surface area contributed by atoms with Gasteiger partial charge >= 0.3 is 0 Å². The van der Waals surface area contributed by atoms with Gasteiger partial charge in [-0.05, 0) is 29.8 Å². The molecule has 0 amide bonds. The third-order valence-electron chi connectivity index (χ3n) is 2.95. The summed E-state index contributed by atoms with van der Waals surface area (Å²) in [5.41, 5.74) is 1.54. The van der Waals surface area contributed by atoms with Crippen LogP contribution in [0.2, 0.25) is 0 Å². The standard InChI is InChI=1S/C15H11F2N3/c16-12-2-3-14(17)13(7-12)15-4-1-11(8-19-15)9-20-6-5-18-10-20/h1-8,10H,9H2. The molecule has 1 aromatic carbocycles. The second kappa shape index (κ2) is 5.21. The van der Waals surface area contributed by atoms with Crippen molar-refractivity contribution in [2.24, 2.45) is 0 Å². The normalized spacial score (nSPS) is 10.7. The van der Waals surface area contributed by atoms with E-state index in [9.17, 15) is 8.78 Å². The highest BCUT2D eigenvalue weighted by molar-refractivity contribution is 5.59. The summed E-state index contributed by atoms with van der Waals surface area (Å²) in [6.45, 7) is 0.638. The molecule has 0 bridgehead atoms. The number of benzene rings is 1. The summed E-state index contributed by atoms with van der Waals surface area (Å²) in [5, 5.41) is 0. The van der Waals surface area contributed by atoms with E-state index in [1.165, 1.54) is 0 Å². The van der Waals surface area contributed by atoms with E-state index >= 15 is 0 Å². The van der Waals surface area contributed by atoms with Crippen molar-refractivity contribution in [3.05, 3.63) is 72.4 Å². The molecule has 0 aliphatic rings. The first-order valence-electron chi connectivity index (χ1n) is 6.08. The molecule has 0 spiro atoms. The SMILES string of the molecule is Fc1ccc(F)c(-c2ccc(Cn3ccnc3)cn2)c1. The molecule has 0 saturated heterocycles. The molecule has 0 atom stereocenters. The number of hydrogen-bond donors (Lipinski definition) is 0. The van der Waals surface area contributed by atoms with Gasteiger partial charge in [-0.25, -0.2) is 13.8 Å². The van der Waals surface area contributed by atoms with Gasteiger partial charge in [0.1, 0.15) is 11.6 Å². The fourth-order valence-electron chi connectivity index (χ4n) is 1.96. The van der Waals surface area contributed by atoms with E-state index < -0.39 is 11.6 Å². The van der Waals surface area contributed by atoms with Crippen molar-refractivity contribution >= 4 is 0 Å². The van der Waals surface area contributed by atoms with Crippen molar-refractivity contribution in [2.75, 3.05) is 0 Å². The van der Waals surface area contributed by atoms with Gasteiger partial charge in [0.2, 0.25) is 0 Å². The molecule has 20 heavy (non-hydrogen) atoms. The van der Waals surface area contributed by atoms with Crippen molar-refractivity contribution < 1.29 is 8.78 Å². The lowest BCUT2D eigenvalue weighted by molar-refractivity contribution is 0.602. The molecule has 3 rings (SSSR count). The van der Waals surface area contributed by atoms with Crippen LogP contribution >= 0.6 is 0 Å².